The second kappa shape index (κ2) is 6.15. The number of hydrogen-bond acceptors (Lipinski definition) is 4. The summed E-state index contributed by atoms with van der Waals surface area (Å²) in [5.74, 6) is -1.86. The lowest BCUT2D eigenvalue weighted by atomic mass is 10.2. The third-order valence-electron chi connectivity index (χ3n) is 3.39. The molecule has 0 fully saturated rings. The van der Waals surface area contributed by atoms with Gasteiger partial charge in [-0.3, -0.25) is 4.57 Å². The van der Waals surface area contributed by atoms with Gasteiger partial charge in [-0.05, 0) is 18.6 Å². The molecule has 0 saturated carbocycles. The molecular formula is C15H10F6N4O. The number of ether oxygens (including phenoxy) is 1. The van der Waals surface area contributed by atoms with E-state index in [9.17, 15) is 26.3 Å². The predicted octanol–water partition coefficient (Wildman–Crippen LogP) is 4.30. The average molecular weight is 376 g/mol. The van der Waals surface area contributed by atoms with E-state index in [1.54, 1.807) is 6.92 Å². The van der Waals surface area contributed by atoms with E-state index in [0.29, 0.717) is 0 Å². The topological polar surface area (TPSA) is 52.8 Å². The van der Waals surface area contributed by atoms with Gasteiger partial charge in [0.2, 0.25) is 5.82 Å². The molecule has 0 amide bonds. The van der Waals surface area contributed by atoms with Crippen molar-refractivity contribution in [3.8, 4) is 11.4 Å². The Morgan fingerprint density at radius 1 is 1.08 bits per heavy atom. The van der Waals surface area contributed by atoms with E-state index < -0.39 is 24.1 Å². The number of halogens is 6. The summed E-state index contributed by atoms with van der Waals surface area (Å²) in [6.07, 6.45) is -8.31. The van der Waals surface area contributed by atoms with Crippen LogP contribution in [0.2, 0.25) is 0 Å². The fourth-order valence-electron chi connectivity index (χ4n) is 2.35. The highest BCUT2D eigenvalue weighted by Gasteiger charge is 2.36. The zero-order valence-corrected chi connectivity index (χ0v) is 13.1. The Labute approximate surface area is 142 Å². The summed E-state index contributed by atoms with van der Waals surface area (Å²) in [5, 5.41) is 0. The molecule has 3 aromatic rings. The Morgan fingerprint density at radius 2 is 1.81 bits per heavy atom. The maximum absolute atomic E-state index is 13.0. The number of aryl methyl sites for hydroxylation is 1. The van der Waals surface area contributed by atoms with Crippen LogP contribution in [0.5, 0.6) is 5.75 Å². The maximum Gasteiger partial charge on any atom is 0.573 e. The van der Waals surface area contributed by atoms with Gasteiger partial charge in [-0.1, -0.05) is 13.0 Å². The van der Waals surface area contributed by atoms with Gasteiger partial charge in [0.1, 0.15) is 17.6 Å². The van der Waals surface area contributed by atoms with Crippen molar-refractivity contribution in [2.24, 2.45) is 0 Å². The molecule has 0 saturated heterocycles. The van der Waals surface area contributed by atoms with E-state index in [4.69, 9.17) is 0 Å². The lowest BCUT2D eigenvalue weighted by molar-refractivity contribution is -0.274. The summed E-state index contributed by atoms with van der Waals surface area (Å²) in [6.45, 7) is 1.61. The molecule has 0 bridgehead atoms. The van der Waals surface area contributed by atoms with Crippen LogP contribution < -0.4 is 4.74 Å². The Balaban J connectivity index is 2.16. The average Bonchev–Trinajstić information content (AvgIpc) is 2.95. The van der Waals surface area contributed by atoms with Gasteiger partial charge in [-0.25, -0.2) is 15.0 Å². The van der Waals surface area contributed by atoms with Crippen molar-refractivity contribution < 1.29 is 31.1 Å². The molecule has 26 heavy (non-hydrogen) atoms. The van der Waals surface area contributed by atoms with Gasteiger partial charge in [-0.2, -0.15) is 13.2 Å². The van der Waals surface area contributed by atoms with Crippen molar-refractivity contribution in [1.82, 2.24) is 19.5 Å². The van der Waals surface area contributed by atoms with Gasteiger partial charge in [0.15, 0.2) is 5.65 Å². The van der Waals surface area contributed by atoms with Gasteiger partial charge in [0, 0.05) is 6.07 Å². The Morgan fingerprint density at radius 3 is 2.42 bits per heavy atom. The van der Waals surface area contributed by atoms with Crippen molar-refractivity contribution in [2.75, 3.05) is 0 Å². The van der Waals surface area contributed by atoms with Crippen LogP contribution in [0.25, 0.3) is 16.9 Å². The minimum absolute atomic E-state index is 0.0868. The fraction of sp³-hybridized carbons (Fsp3) is 0.267. The van der Waals surface area contributed by atoms with Gasteiger partial charge in [-0.15, -0.1) is 13.2 Å². The number of alkyl halides is 6. The van der Waals surface area contributed by atoms with Crippen LogP contribution in [0.3, 0.4) is 0 Å². The highest BCUT2D eigenvalue weighted by Crippen LogP contribution is 2.30. The van der Waals surface area contributed by atoms with Crippen molar-refractivity contribution in [3.63, 3.8) is 0 Å². The largest absolute Gasteiger partial charge is 0.573 e. The highest BCUT2D eigenvalue weighted by molar-refractivity contribution is 5.75. The molecule has 11 heteroatoms. The van der Waals surface area contributed by atoms with Gasteiger partial charge < -0.3 is 4.74 Å². The molecule has 0 aliphatic heterocycles. The van der Waals surface area contributed by atoms with E-state index in [1.807, 2.05) is 0 Å². The van der Waals surface area contributed by atoms with E-state index >= 15 is 0 Å². The summed E-state index contributed by atoms with van der Waals surface area (Å²) in [6, 6.07) is 4.76. The van der Waals surface area contributed by atoms with Crippen molar-refractivity contribution >= 4 is 11.2 Å². The molecule has 0 aliphatic rings. The van der Waals surface area contributed by atoms with Crippen LogP contribution in [0.1, 0.15) is 18.4 Å². The Bertz CT molecular complexity index is 947. The number of hydrogen-bond donors (Lipinski definition) is 0. The van der Waals surface area contributed by atoms with Crippen LogP contribution in [0, 0.1) is 0 Å². The van der Waals surface area contributed by atoms with E-state index in [2.05, 4.69) is 19.7 Å². The summed E-state index contributed by atoms with van der Waals surface area (Å²) in [4.78, 5) is 11.0. The molecule has 5 nitrogen and oxygen atoms in total. The fourth-order valence-corrected chi connectivity index (χ4v) is 2.35. The molecule has 3 rings (SSSR count). The molecule has 2 aromatic heterocycles. The quantitative estimate of drug-likeness (QED) is 0.640. The predicted molar refractivity (Wildman–Crippen MR) is 77.7 cm³/mol. The van der Waals surface area contributed by atoms with Crippen LogP contribution in [-0.2, 0) is 12.6 Å². The number of aromatic nitrogens is 4. The van der Waals surface area contributed by atoms with Gasteiger partial charge in [0.25, 0.3) is 0 Å². The van der Waals surface area contributed by atoms with Gasteiger partial charge >= 0.3 is 12.5 Å². The first-order valence-electron chi connectivity index (χ1n) is 7.26. The SMILES string of the molecule is CCc1nc(C(F)(F)F)nc2c1ncn2-c1cccc(OC(F)(F)F)c1. The maximum atomic E-state index is 13.0. The van der Waals surface area contributed by atoms with Crippen molar-refractivity contribution in [3.05, 3.63) is 42.1 Å². The molecule has 0 unspecified atom stereocenters. The highest BCUT2D eigenvalue weighted by atomic mass is 19.4. The Hall–Kier alpha value is -2.85. The molecule has 0 aliphatic carbocycles. The summed E-state index contributed by atoms with van der Waals surface area (Å²) >= 11 is 0. The lowest BCUT2D eigenvalue weighted by Crippen LogP contribution is -2.17. The summed E-state index contributed by atoms with van der Waals surface area (Å²) < 4.78 is 81.1. The van der Waals surface area contributed by atoms with E-state index in [1.165, 1.54) is 18.5 Å². The van der Waals surface area contributed by atoms with Crippen LogP contribution in [0.4, 0.5) is 26.3 Å². The minimum Gasteiger partial charge on any atom is -0.406 e. The zero-order valence-electron chi connectivity index (χ0n) is 13.1. The third kappa shape index (κ3) is 3.55. The normalized spacial score (nSPS) is 12.6. The molecule has 0 atom stereocenters. The number of fused-ring (bicyclic) bond motifs is 1. The summed E-state index contributed by atoms with van der Waals surface area (Å²) in [7, 11) is 0. The van der Waals surface area contributed by atoms with E-state index in [0.717, 1.165) is 16.7 Å². The monoisotopic (exact) mass is 376 g/mol. The standard InChI is InChI=1S/C15H10F6N4O/c1-2-10-11-12(24-13(23-10)14(16,17)18)25(7-22-11)8-4-3-5-9(6-8)26-15(19,20)21/h3-7H,2H2,1H3. The van der Waals surface area contributed by atoms with Crippen molar-refractivity contribution in [2.45, 2.75) is 25.9 Å². The van der Waals surface area contributed by atoms with Crippen LogP contribution in [0.15, 0.2) is 30.6 Å². The second-order valence-corrected chi connectivity index (χ2v) is 5.18. The Kier molecular flexibility index (Phi) is 4.24. The van der Waals surface area contributed by atoms with E-state index in [-0.39, 0.29) is 29.0 Å². The molecule has 138 valence electrons. The number of imidazole rings is 1. The molecular weight excluding hydrogens is 366 g/mol. The number of nitrogens with zero attached hydrogens (tertiary/aromatic N) is 4. The first-order chi connectivity index (χ1) is 12.1. The first-order valence-corrected chi connectivity index (χ1v) is 7.26. The minimum atomic E-state index is -4.89. The molecule has 0 radical (unpaired) electrons. The third-order valence-corrected chi connectivity index (χ3v) is 3.39. The summed E-state index contributed by atoms with van der Waals surface area (Å²) in [5.41, 5.74) is 0.183. The molecule has 0 spiro atoms. The molecule has 0 N–H and O–H groups in total. The molecule has 2 heterocycles. The van der Waals surface area contributed by atoms with Crippen LogP contribution >= 0.6 is 0 Å². The number of benzene rings is 1. The first kappa shape index (κ1) is 18.0. The second-order valence-electron chi connectivity index (χ2n) is 5.18. The smallest absolute Gasteiger partial charge is 0.406 e. The zero-order chi connectivity index (χ0) is 19.1. The lowest BCUT2D eigenvalue weighted by Gasteiger charge is -2.11. The van der Waals surface area contributed by atoms with Crippen molar-refractivity contribution in [1.29, 1.82) is 0 Å². The molecule has 1 aromatic carbocycles. The number of rotatable bonds is 3. The van der Waals surface area contributed by atoms with Gasteiger partial charge in [0.05, 0.1) is 11.4 Å². The van der Waals surface area contributed by atoms with Crippen LogP contribution in [-0.4, -0.2) is 25.9 Å².